The smallest absolute Gasteiger partial charge is 0.243 e. The molecule has 184 valence electrons. The van der Waals surface area contributed by atoms with Gasteiger partial charge >= 0.3 is 0 Å². The molecular formula is C24H33N5O4S. The first-order valence-electron chi connectivity index (χ1n) is 12.0. The highest BCUT2D eigenvalue weighted by atomic mass is 32.2. The van der Waals surface area contributed by atoms with E-state index >= 15 is 0 Å². The monoisotopic (exact) mass is 487 g/mol. The number of hydrogen-bond acceptors (Lipinski definition) is 7. The van der Waals surface area contributed by atoms with Gasteiger partial charge in [-0.1, -0.05) is 6.42 Å². The molecule has 1 atom stereocenters. The van der Waals surface area contributed by atoms with E-state index in [1.165, 1.54) is 10.4 Å². The lowest BCUT2D eigenvalue weighted by Crippen LogP contribution is -2.41. The molecule has 1 amide bonds. The molecule has 1 aromatic heterocycles. The van der Waals surface area contributed by atoms with Crippen LogP contribution in [0.25, 0.3) is 0 Å². The molecular weight excluding hydrogens is 454 g/mol. The highest BCUT2D eigenvalue weighted by molar-refractivity contribution is 7.89. The zero-order valence-corrected chi connectivity index (χ0v) is 20.6. The fourth-order valence-electron chi connectivity index (χ4n) is 4.47. The highest BCUT2D eigenvalue weighted by Gasteiger charge is 2.30. The summed E-state index contributed by atoms with van der Waals surface area (Å²) in [4.78, 5) is 24.0. The number of carbonyl (C=O) groups excluding carboxylic acids is 1. The maximum absolute atomic E-state index is 13.3. The van der Waals surface area contributed by atoms with Gasteiger partial charge in [-0.05, 0) is 57.7 Å². The van der Waals surface area contributed by atoms with Crippen molar-refractivity contribution in [3.63, 3.8) is 0 Å². The van der Waals surface area contributed by atoms with Crippen LogP contribution in [0.2, 0.25) is 0 Å². The molecule has 3 heterocycles. The summed E-state index contributed by atoms with van der Waals surface area (Å²) in [7, 11) is -3.63. The van der Waals surface area contributed by atoms with Crippen molar-refractivity contribution in [1.29, 1.82) is 0 Å². The third kappa shape index (κ3) is 5.67. The summed E-state index contributed by atoms with van der Waals surface area (Å²) < 4.78 is 33.8. The first kappa shape index (κ1) is 24.4. The third-order valence-corrected chi connectivity index (χ3v) is 8.08. The van der Waals surface area contributed by atoms with Crippen LogP contribution in [0, 0.1) is 5.92 Å². The van der Waals surface area contributed by atoms with Crippen LogP contribution in [0.15, 0.2) is 41.7 Å². The molecule has 2 aliphatic rings. The molecule has 10 heteroatoms. The van der Waals surface area contributed by atoms with E-state index in [4.69, 9.17) is 4.74 Å². The van der Waals surface area contributed by atoms with E-state index in [-0.39, 0.29) is 22.8 Å². The van der Waals surface area contributed by atoms with Gasteiger partial charge < -0.3 is 15.0 Å². The fraction of sp³-hybridized carbons (Fsp3) is 0.542. The molecule has 2 aromatic rings. The number of benzene rings is 1. The Hall–Kier alpha value is -2.72. The summed E-state index contributed by atoms with van der Waals surface area (Å²) in [6, 6.07) is 4.73. The van der Waals surface area contributed by atoms with E-state index < -0.39 is 10.0 Å². The lowest BCUT2D eigenvalue weighted by atomic mass is 9.97. The fourth-order valence-corrected chi connectivity index (χ4v) is 6.01. The van der Waals surface area contributed by atoms with E-state index in [0.29, 0.717) is 31.1 Å². The predicted molar refractivity (Wildman–Crippen MR) is 130 cm³/mol. The van der Waals surface area contributed by atoms with Crippen LogP contribution in [0.5, 0.6) is 5.75 Å². The molecule has 1 aromatic carbocycles. The lowest BCUT2D eigenvalue weighted by molar-refractivity contribution is -0.120. The van der Waals surface area contributed by atoms with Crippen molar-refractivity contribution in [3.8, 4) is 5.75 Å². The summed E-state index contributed by atoms with van der Waals surface area (Å²) in [5.41, 5.74) is 0.383. The summed E-state index contributed by atoms with van der Waals surface area (Å²) >= 11 is 0. The van der Waals surface area contributed by atoms with Gasteiger partial charge in [0.2, 0.25) is 15.9 Å². The van der Waals surface area contributed by atoms with Crippen molar-refractivity contribution < 1.29 is 17.9 Å². The number of aromatic nitrogens is 2. The quantitative estimate of drug-likeness (QED) is 0.639. The van der Waals surface area contributed by atoms with Gasteiger partial charge in [-0.3, -0.25) is 9.78 Å². The number of hydrogen-bond donors (Lipinski definition) is 1. The van der Waals surface area contributed by atoms with E-state index in [1.807, 2.05) is 13.8 Å². The Morgan fingerprint density at radius 1 is 1.12 bits per heavy atom. The van der Waals surface area contributed by atoms with Crippen LogP contribution >= 0.6 is 0 Å². The molecule has 2 fully saturated rings. The predicted octanol–water partition coefficient (Wildman–Crippen LogP) is 3.29. The first-order valence-corrected chi connectivity index (χ1v) is 13.4. The summed E-state index contributed by atoms with van der Waals surface area (Å²) in [5.74, 6) is 0.792. The maximum atomic E-state index is 13.3. The Bertz CT molecular complexity index is 1090. The maximum Gasteiger partial charge on any atom is 0.243 e. The van der Waals surface area contributed by atoms with Crippen LogP contribution in [-0.2, 0) is 14.8 Å². The standard InChI is InChI=1S/C24H33N5O4S/c1-18(2)33-22-9-8-20(34(31,32)29-13-4-3-5-14-29)15-21(22)27-24(30)19-7-6-12-28(17-19)23-16-25-10-11-26-23/h8-11,15-16,18-19H,3-7,12-14,17H2,1-2H3,(H,27,30)/t19-/m1/s1. The van der Waals surface area contributed by atoms with Crippen LogP contribution in [-0.4, -0.2) is 60.9 Å². The Morgan fingerprint density at radius 3 is 2.62 bits per heavy atom. The van der Waals surface area contributed by atoms with Gasteiger partial charge in [0.25, 0.3) is 0 Å². The van der Waals surface area contributed by atoms with Gasteiger partial charge in [0.05, 0.1) is 28.8 Å². The second kappa shape index (κ2) is 10.7. The summed E-state index contributed by atoms with van der Waals surface area (Å²) in [6.07, 6.45) is 9.21. The van der Waals surface area contributed by atoms with E-state index in [1.54, 1.807) is 30.7 Å². The Balaban J connectivity index is 1.55. The van der Waals surface area contributed by atoms with Gasteiger partial charge in [0.1, 0.15) is 11.6 Å². The molecule has 2 saturated heterocycles. The molecule has 0 aliphatic carbocycles. The minimum atomic E-state index is -3.63. The molecule has 4 rings (SSSR count). The Labute approximate surface area is 201 Å². The van der Waals surface area contributed by atoms with Crippen molar-refractivity contribution in [2.24, 2.45) is 5.92 Å². The normalized spacial score (nSPS) is 19.7. The van der Waals surface area contributed by atoms with Crippen molar-refractivity contribution in [1.82, 2.24) is 14.3 Å². The molecule has 2 aliphatic heterocycles. The van der Waals surface area contributed by atoms with Gasteiger partial charge in [0, 0.05) is 38.6 Å². The average molecular weight is 488 g/mol. The number of amides is 1. The van der Waals surface area contributed by atoms with Gasteiger partial charge in [-0.25, -0.2) is 13.4 Å². The van der Waals surface area contributed by atoms with Crippen LogP contribution in [0.4, 0.5) is 11.5 Å². The van der Waals surface area contributed by atoms with Crippen molar-refractivity contribution in [3.05, 3.63) is 36.8 Å². The lowest BCUT2D eigenvalue weighted by Gasteiger charge is -2.32. The van der Waals surface area contributed by atoms with Crippen LogP contribution < -0.4 is 15.0 Å². The average Bonchev–Trinajstić information content (AvgIpc) is 2.86. The number of anilines is 2. The molecule has 9 nitrogen and oxygen atoms in total. The van der Waals surface area contributed by atoms with Crippen molar-refractivity contribution in [2.45, 2.75) is 57.0 Å². The zero-order chi connectivity index (χ0) is 24.1. The summed E-state index contributed by atoms with van der Waals surface area (Å²) in [6.45, 7) is 6.17. The molecule has 0 saturated carbocycles. The zero-order valence-electron chi connectivity index (χ0n) is 19.8. The molecule has 0 radical (unpaired) electrons. The SMILES string of the molecule is CC(C)Oc1ccc(S(=O)(=O)N2CCCCC2)cc1NC(=O)[C@@H]1CCCN(c2cnccn2)C1. The molecule has 0 spiro atoms. The first-order chi connectivity index (χ1) is 16.3. The number of piperidine rings is 2. The van der Waals surface area contributed by atoms with Crippen molar-refractivity contribution >= 4 is 27.4 Å². The van der Waals surface area contributed by atoms with Gasteiger partial charge in [-0.2, -0.15) is 4.31 Å². The number of nitrogens with one attached hydrogen (secondary N) is 1. The number of carbonyl (C=O) groups is 1. The second-order valence-corrected chi connectivity index (χ2v) is 11.1. The minimum absolute atomic E-state index is 0.123. The highest BCUT2D eigenvalue weighted by Crippen LogP contribution is 2.32. The number of rotatable bonds is 7. The third-order valence-electron chi connectivity index (χ3n) is 6.19. The van der Waals surface area contributed by atoms with E-state index in [0.717, 1.165) is 44.5 Å². The molecule has 1 N–H and O–H groups in total. The van der Waals surface area contributed by atoms with Gasteiger partial charge in [-0.15, -0.1) is 0 Å². The second-order valence-electron chi connectivity index (χ2n) is 9.13. The summed E-state index contributed by atoms with van der Waals surface area (Å²) in [5, 5.41) is 2.96. The largest absolute Gasteiger partial charge is 0.489 e. The Morgan fingerprint density at radius 2 is 1.91 bits per heavy atom. The van der Waals surface area contributed by atoms with E-state index in [9.17, 15) is 13.2 Å². The Kier molecular flexibility index (Phi) is 7.67. The molecule has 0 bridgehead atoms. The number of nitrogens with zero attached hydrogens (tertiary/aromatic N) is 4. The number of ether oxygens (including phenoxy) is 1. The number of sulfonamides is 1. The molecule has 34 heavy (non-hydrogen) atoms. The topological polar surface area (TPSA) is 105 Å². The molecule has 0 unspecified atom stereocenters. The van der Waals surface area contributed by atoms with Crippen LogP contribution in [0.3, 0.4) is 0 Å². The van der Waals surface area contributed by atoms with E-state index in [2.05, 4.69) is 20.2 Å². The van der Waals surface area contributed by atoms with Crippen LogP contribution in [0.1, 0.15) is 46.0 Å². The van der Waals surface area contributed by atoms with Crippen molar-refractivity contribution in [2.75, 3.05) is 36.4 Å². The van der Waals surface area contributed by atoms with Gasteiger partial charge in [0.15, 0.2) is 0 Å². The minimum Gasteiger partial charge on any atom is -0.489 e.